The van der Waals surface area contributed by atoms with Crippen molar-refractivity contribution in [1.29, 1.82) is 0 Å². The molecular weight excluding hydrogens is 230 g/mol. The van der Waals surface area contributed by atoms with Gasteiger partial charge in [-0.1, -0.05) is 60.3 Å². The average molecular weight is 268 g/mol. The molecule has 0 radical (unpaired) electrons. The highest BCUT2D eigenvalue weighted by Crippen LogP contribution is 2.39. The molecule has 0 aliphatic heterocycles. The fourth-order valence-corrected chi connectivity index (χ4v) is 3.87. The molecule has 4 atom stereocenters. The molecule has 0 saturated heterocycles. The molecule has 1 saturated carbocycles. The van der Waals surface area contributed by atoms with Crippen LogP contribution >= 0.6 is 0 Å². The summed E-state index contributed by atoms with van der Waals surface area (Å²) >= 11 is 0. The molecule has 19 heavy (non-hydrogen) atoms. The van der Waals surface area contributed by atoms with Gasteiger partial charge in [0.05, 0.1) is 0 Å². The molecule has 0 spiro atoms. The van der Waals surface area contributed by atoms with Crippen molar-refractivity contribution in [3.63, 3.8) is 0 Å². The lowest BCUT2D eigenvalue weighted by Gasteiger charge is -2.38. The van der Waals surface area contributed by atoms with E-state index in [0.29, 0.717) is 6.04 Å². The van der Waals surface area contributed by atoms with Crippen molar-refractivity contribution in [2.24, 2.45) is 23.7 Å². The summed E-state index contributed by atoms with van der Waals surface area (Å²) in [5.74, 6) is 3.84. The molecular formula is C18H37N. The third-order valence-corrected chi connectivity index (χ3v) is 5.10. The van der Waals surface area contributed by atoms with Gasteiger partial charge in [0, 0.05) is 6.04 Å². The van der Waals surface area contributed by atoms with E-state index >= 15 is 0 Å². The molecule has 4 unspecified atom stereocenters. The molecule has 0 bridgehead atoms. The Morgan fingerprint density at radius 1 is 1.05 bits per heavy atom. The van der Waals surface area contributed by atoms with Crippen LogP contribution in [0.3, 0.4) is 0 Å². The van der Waals surface area contributed by atoms with Crippen LogP contribution in [0, 0.1) is 23.7 Å². The molecule has 1 aliphatic rings. The summed E-state index contributed by atoms with van der Waals surface area (Å²) in [6.07, 6.45) is 10.0. The topological polar surface area (TPSA) is 12.0 Å². The summed E-state index contributed by atoms with van der Waals surface area (Å²) in [5.41, 5.74) is 0. The van der Waals surface area contributed by atoms with Crippen LogP contribution in [0.4, 0.5) is 0 Å². The largest absolute Gasteiger partial charge is 0.314 e. The second-order valence-electron chi connectivity index (χ2n) is 7.30. The predicted molar refractivity (Wildman–Crippen MR) is 86.4 cm³/mol. The Kier molecular flexibility index (Phi) is 8.06. The summed E-state index contributed by atoms with van der Waals surface area (Å²) in [4.78, 5) is 0. The van der Waals surface area contributed by atoms with Gasteiger partial charge in [0.1, 0.15) is 0 Å². The molecule has 1 N–H and O–H groups in total. The minimum Gasteiger partial charge on any atom is -0.314 e. The Morgan fingerprint density at radius 3 is 2.37 bits per heavy atom. The van der Waals surface area contributed by atoms with Gasteiger partial charge in [0.2, 0.25) is 0 Å². The molecule has 1 rings (SSSR count). The maximum atomic E-state index is 3.68. The molecule has 114 valence electrons. The summed E-state index contributed by atoms with van der Waals surface area (Å²) < 4.78 is 0. The molecule has 0 aromatic carbocycles. The van der Waals surface area contributed by atoms with Crippen LogP contribution in [-0.2, 0) is 0 Å². The molecule has 0 aromatic rings. The average Bonchev–Trinajstić information content (AvgIpc) is 2.37. The van der Waals surface area contributed by atoms with E-state index in [9.17, 15) is 0 Å². The van der Waals surface area contributed by atoms with Crippen molar-refractivity contribution in [2.75, 3.05) is 6.54 Å². The van der Waals surface area contributed by atoms with Gasteiger partial charge in [0.25, 0.3) is 0 Å². The maximum Gasteiger partial charge on any atom is 0.00104 e. The molecule has 1 heteroatoms. The molecule has 0 heterocycles. The van der Waals surface area contributed by atoms with E-state index in [2.05, 4.69) is 39.9 Å². The Labute approximate surface area is 121 Å². The highest BCUT2D eigenvalue weighted by atomic mass is 14.9. The van der Waals surface area contributed by atoms with Gasteiger partial charge in [0.15, 0.2) is 0 Å². The zero-order chi connectivity index (χ0) is 14.3. The van der Waals surface area contributed by atoms with Crippen LogP contribution < -0.4 is 5.32 Å². The highest BCUT2D eigenvalue weighted by molar-refractivity contribution is 4.82. The van der Waals surface area contributed by atoms with E-state index in [4.69, 9.17) is 0 Å². The third-order valence-electron chi connectivity index (χ3n) is 5.10. The van der Waals surface area contributed by atoms with Crippen LogP contribution in [0.15, 0.2) is 0 Å². The first kappa shape index (κ1) is 17.0. The Hall–Kier alpha value is -0.0400. The van der Waals surface area contributed by atoms with Gasteiger partial charge < -0.3 is 5.32 Å². The van der Waals surface area contributed by atoms with Crippen LogP contribution in [0.5, 0.6) is 0 Å². The van der Waals surface area contributed by atoms with Gasteiger partial charge in [-0.25, -0.2) is 0 Å². The van der Waals surface area contributed by atoms with Crippen molar-refractivity contribution in [1.82, 2.24) is 5.32 Å². The van der Waals surface area contributed by atoms with Crippen molar-refractivity contribution in [3.8, 4) is 0 Å². The first-order valence-corrected chi connectivity index (χ1v) is 8.80. The number of hydrogen-bond donors (Lipinski definition) is 1. The second-order valence-corrected chi connectivity index (χ2v) is 7.30. The first-order valence-electron chi connectivity index (χ1n) is 8.80. The monoisotopic (exact) mass is 267 g/mol. The normalized spacial score (nSPS) is 29.7. The quantitative estimate of drug-likeness (QED) is 0.633. The van der Waals surface area contributed by atoms with Gasteiger partial charge >= 0.3 is 0 Å². The van der Waals surface area contributed by atoms with Crippen LogP contribution in [0.25, 0.3) is 0 Å². The predicted octanol–water partition coefficient (Wildman–Crippen LogP) is 5.25. The van der Waals surface area contributed by atoms with Crippen LogP contribution in [0.1, 0.15) is 79.6 Å². The van der Waals surface area contributed by atoms with E-state index in [1.807, 2.05) is 0 Å². The summed E-state index contributed by atoms with van der Waals surface area (Å²) in [6.45, 7) is 13.0. The zero-order valence-electron chi connectivity index (χ0n) is 14.0. The van der Waals surface area contributed by atoms with Gasteiger partial charge in [-0.2, -0.15) is 0 Å². The molecule has 1 aliphatic carbocycles. The minimum atomic E-state index is 0.637. The van der Waals surface area contributed by atoms with Gasteiger partial charge in [-0.3, -0.25) is 0 Å². The fraction of sp³-hybridized carbons (Fsp3) is 1.00. The summed E-state index contributed by atoms with van der Waals surface area (Å²) in [6, 6.07) is 0.637. The lowest BCUT2D eigenvalue weighted by Crippen LogP contribution is -2.36. The SMILES string of the molecule is CCCC(C)CC1CC(CC)CCC1CNC(C)C. The molecule has 1 nitrogen and oxygen atoms in total. The molecule has 1 fully saturated rings. The number of hydrogen-bond acceptors (Lipinski definition) is 1. The van der Waals surface area contributed by atoms with Crippen LogP contribution in [0.2, 0.25) is 0 Å². The van der Waals surface area contributed by atoms with Gasteiger partial charge in [-0.05, 0) is 49.5 Å². The van der Waals surface area contributed by atoms with Gasteiger partial charge in [-0.15, -0.1) is 0 Å². The van der Waals surface area contributed by atoms with E-state index in [1.54, 1.807) is 0 Å². The van der Waals surface area contributed by atoms with Crippen molar-refractivity contribution < 1.29 is 0 Å². The Balaban J connectivity index is 2.50. The van der Waals surface area contributed by atoms with E-state index in [0.717, 1.165) is 23.7 Å². The lowest BCUT2D eigenvalue weighted by molar-refractivity contribution is 0.143. The fourth-order valence-electron chi connectivity index (χ4n) is 3.87. The van der Waals surface area contributed by atoms with Crippen molar-refractivity contribution >= 4 is 0 Å². The summed E-state index contributed by atoms with van der Waals surface area (Å²) in [7, 11) is 0. The standard InChI is InChI=1S/C18H37N/c1-6-8-15(5)11-18-12-16(7-2)9-10-17(18)13-19-14(3)4/h14-19H,6-13H2,1-5H3. The smallest absolute Gasteiger partial charge is 0.00104 e. The van der Waals surface area contributed by atoms with Crippen LogP contribution in [-0.4, -0.2) is 12.6 Å². The molecule has 0 amide bonds. The lowest BCUT2D eigenvalue weighted by atomic mass is 9.70. The zero-order valence-corrected chi connectivity index (χ0v) is 14.0. The number of nitrogens with one attached hydrogen (secondary N) is 1. The first-order chi connectivity index (χ1) is 9.06. The Bertz CT molecular complexity index is 224. The van der Waals surface area contributed by atoms with Crippen molar-refractivity contribution in [2.45, 2.75) is 85.6 Å². The van der Waals surface area contributed by atoms with E-state index < -0.39 is 0 Å². The minimum absolute atomic E-state index is 0.637. The van der Waals surface area contributed by atoms with Crippen molar-refractivity contribution in [3.05, 3.63) is 0 Å². The Morgan fingerprint density at radius 2 is 1.79 bits per heavy atom. The van der Waals surface area contributed by atoms with E-state index in [1.165, 1.54) is 51.5 Å². The molecule has 0 aromatic heterocycles. The number of rotatable bonds is 8. The second kappa shape index (κ2) is 9.00. The highest BCUT2D eigenvalue weighted by Gasteiger charge is 2.30. The van der Waals surface area contributed by atoms with E-state index in [-0.39, 0.29) is 0 Å². The summed E-state index contributed by atoms with van der Waals surface area (Å²) in [5, 5.41) is 3.68. The maximum absolute atomic E-state index is 3.68. The third kappa shape index (κ3) is 6.29.